The molecule has 0 spiro atoms. The molecule has 0 radical (unpaired) electrons. The molecule has 2 aromatic rings. The molecule has 4 heteroatoms. The normalized spacial score (nSPS) is 11.6. The number of carbonyl (C=O) groups excluding carboxylic acids is 1. The lowest BCUT2D eigenvalue weighted by Gasteiger charge is -2.18. The van der Waals surface area contributed by atoms with E-state index < -0.39 is 6.10 Å². The summed E-state index contributed by atoms with van der Waals surface area (Å²) in [7, 11) is 0. The molecule has 2 aromatic carbocycles. The molecule has 0 saturated carbocycles. The van der Waals surface area contributed by atoms with E-state index in [0.29, 0.717) is 13.0 Å². The van der Waals surface area contributed by atoms with Crippen molar-refractivity contribution in [1.29, 1.82) is 0 Å². The molecule has 1 atom stereocenters. The first-order valence-corrected chi connectivity index (χ1v) is 7.90. The van der Waals surface area contributed by atoms with Crippen LogP contribution >= 0.6 is 0 Å². The predicted molar refractivity (Wildman–Crippen MR) is 92.1 cm³/mol. The second kappa shape index (κ2) is 8.22. The smallest absolute Gasteiger partial charge is 0.265 e. The van der Waals surface area contributed by atoms with E-state index in [1.54, 1.807) is 0 Å². The molecule has 0 aliphatic rings. The highest BCUT2D eigenvalue weighted by atomic mass is 16.5. The van der Waals surface area contributed by atoms with Crippen LogP contribution in [0.5, 0.6) is 11.5 Å². The average Bonchev–Trinajstić information content (AvgIpc) is 2.56. The molecule has 1 amide bonds. The minimum absolute atomic E-state index is 0.153. The highest BCUT2D eigenvalue weighted by Crippen LogP contribution is 2.20. The van der Waals surface area contributed by atoms with Crippen molar-refractivity contribution in [3.63, 3.8) is 0 Å². The maximum absolute atomic E-state index is 12.4. The number of hydrogen-bond donors (Lipinski definition) is 1. The number of nitrogens with one attached hydrogen (secondary N) is 1. The minimum Gasteiger partial charge on any atom is -0.494 e. The second-order valence-electron chi connectivity index (χ2n) is 5.23. The lowest BCUT2D eigenvalue weighted by Crippen LogP contribution is -2.32. The average molecular weight is 313 g/mol. The fourth-order valence-electron chi connectivity index (χ4n) is 2.19. The van der Waals surface area contributed by atoms with Gasteiger partial charge in [-0.05, 0) is 56.2 Å². The molecule has 0 heterocycles. The van der Waals surface area contributed by atoms with E-state index in [4.69, 9.17) is 9.47 Å². The van der Waals surface area contributed by atoms with Crippen LogP contribution in [-0.4, -0.2) is 18.6 Å². The summed E-state index contributed by atoms with van der Waals surface area (Å²) in [6.07, 6.45) is 0.0691. The van der Waals surface area contributed by atoms with Gasteiger partial charge < -0.3 is 14.8 Å². The standard InChI is InChI=1S/C19H23NO3/c1-4-17(23-18-9-7-6-8-14(18)3)19(21)20-15-10-12-16(13-11-15)22-5-2/h6-13,17H,4-5H2,1-3H3,(H,20,21)/t17-/m0/s1. The fraction of sp³-hybridized carbons (Fsp3) is 0.316. The van der Waals surface area contributed by atoms with Crippen LogP contribution in [0.25, 0.3) is 0 Å². The molecular formula is C19H23NO3. The summed E-state index contributed by atoms with van der Waals surface area (Å²) >= 11 is 0. The van der Waals surface area contributed by atoms with Crippen LogP contribution in [0.1, 0.15) is 25.8 Å². The lowest BCUT2D eigenvalue weighted by molar-refractivity contribution is -0.122. The predicted octanol–water partition coefficient (Wildman–Crippen LogP) is 4.19. The molecule has 0 aliphatic heterocycles. The van der Waals surface area contributed by atoms with Gasteiger partial charge >= 0.3 is 0 Å². The molecule has 23 heavy (non-hydrogen) atoms. The number of benzene rings is 2. The molecule has 0 aliphatic carbocycles. The molecule has 0 bridgehead atoms. The first-order valence-electron chi connectivity index (χ1n) is 7.90. The van der Waals surface area contributed by atoms with Gasteiger partial charge in [0.15, 0.2) is 6.10 Å². The van der Waals surface area contributed by atoms with Crippen LogP contribution in [0, 0.1) is 6.92 Å². The number of amides is 1. The first kappa shape index (κ1) is 16.9. The van der Waals surface area contributed by atoms with Crippen LogP contribution in [0.4, 0.5) is 5.69 Å². The molecule has 0 saturated heterocycles. The van der Waals surface area contributed by atoms with Crippen molar-refractivity contribution in [2.75, 3.05) is 11.9 Å². The third-order valence-corrected chi connectivity index (χ3v) is 3.46. The number of carbonyl (C=O) groups is 1. The molecule has 1 N–H and O–H groups in total. The van der Waals surface area contributed by atoms with E-state index in [1.165, 1.54) is 0 Å². The van der Waals surface area contributed by atoms with Gasteiger partial charge in [-0.15, -0.1) is 0 Å². The molecule has 2 rings (SSSR count). The van der Waals surface area contributed by atoms with Crippen molar-refractivity contribution in [2.24, 2.45) is 0 Å². The third kappa shape index (κ3) is 4.74. The van der Waals surface area contributed by atoms with Crippen molar-refractivity contribution in [2.45, 2.75) is 33.3 Å². The Kier molecular flexibility index (Phi) is 6.03. The van der Waals surface area contributed by atoms with Crippen molar-refractivity contribution in [1.82, 2.24) is 0 Å². The lowest BCUT2D eigenvalue weighted by atomic mass is 10.2. The van der Waals surface area contributed by atoms with Gasteiger partial charge in [0.2, 0.25) is 0 Å². The van der Waals surface area contributed by atoms with Crippen molar-refractivity contribution in [3.05, 3.63) is 54.1 Å². The largest absolute Gasteiger partial charge is 0.494 e. The SMILES string of the molecule is CCOc1ccc(NC(=O)[C@H](CC)Oc2ccccc2C)cc1. The van der Waals surface area contributed by atoms with Crippen LogP contribution < -0.4 is 14.8 Å². The molecule has 0 fully saturated rings. The summed E-state index contributed by atoms with van der Waals surface area (Å²) in [5.74, 6) is 1.37. The summed E-state index contributed by atoms with van der Waals surface area (Å²) in [6, 6.07) is 15.0. The quantitative estimate of drug-likeness (QED) is 0.833. The fourth-order valence-corrected chi connectivity index (χ4v) is 2.19. The monoisotopic (exact) mass is 313 g/mol. The summed E-state index contributed by atoms with van der Waals surface area (Å²) < 4.78 is 11.2. The van der Waals surface area contributed by atoms with Gasteiger partial charge in [0, 0.05) is 5.69 Å². The van der Waals surface area contributed by atoms with Gasteiger partial charge in [0.05, 0.1) is 6.61 Å². The van der Waals surface area contributed by atoms with Crippen LogP contribution in [-0.2, 0) is 4.79 Å². The summed E-state index contributed by atoms with van der Waals surface area (Å²) in [5.41, 5.74) is 1.74. The topological polar surface area (TPSA) is 47.6 Å². The minimum atomic E-state index is -0.525. The van der Waals surface area contributed by atoms with Crippen molar-refractivity contribution < 1.29 is 14.3 Å². The summed E-state index contributed by atoms with van der Waals surface area (Å²) in [4.78, 5) is 12.4. The van der Waals surface area contributed by atoms with Crippen LogP contribution in [0.2, 0.25) is 0 Å². The van der Waals surface area contributed by atoms with Gasteiger partial charge in [-0.1, -0.05) is 25.1 Å². The van der Waals surface area contributed by atoms with Gasteiger partial charge in [-0.3, -0.25) is 4.79 Å². The number of ether oxygens (including phenoxy) is 2. The van der Waals surface area contributed by atoms with E-state index in [-0.39, 0.29) is 5.91 Å². The number of anilines is 1. The Bertz CT molecular complexity index is 637. The Morgan fingerprint density at radius 2 is 1.78 bits per heavy atom. The van der Waals surface area contributed by atoms with Crippen LogP contribution in [0.3, 0.4) is 0 Å². The van der Waals surface area contributed by atoms with Gasteiger partial charge in [0.25, 0.3) is 5.91 Å². The zero-order chi connectivity index (χ0) is 16.7. The van der Waals surface area contributed by atoms with Gasteiger partial charge in [-0.2, -0.15) is 0 Å². The number of para-hydroxylation sites is 1. The maximum atomic E-state index is 12.4. The van der Waals surface area contributed by atoms with Crippen LogP contribution in [0.15, 0.2) is 48.5 Å². The van der Waals surface area contributed by atoms with Gasteiger partial charge in [-0.25, -0.2) is 0 Å². The summed E-state index contributed by atoms with van der Waals surface area (Å²) in [5, 5.41) is 2.88. The highest BCUT2D eigenvalue weighted by molar-refractivity contribution is 5.94. The third-order valence-electron chi connectivity index (χ3n) is 3.46. The Labute approximate surface area is 137 Å². The Balaban J connectivity index is 2.01. The number of aryl methyl sites for hydroxylation is 1. The molecule has 0 aromatic heterocycles. The Hall–Kier alpha value is -2.49. The van der Waals surface area contributed by atoms with E-state index in [2.05, 4.69) is 5.32 Å². The summed E-state index contributed by atoms with van der Waals surface area (Å²) in [6.45, 7) is 6.45. The Morgan fingerprint density at radius 3 is 2.39 bits per heavy atom. The number of rotatable bonds is 7. The van der Waals surface area contributed by atoms with E-state index in [1.807, 2.05) is 69.3 Å². The Morgan fingerprint density at radius 1 is 1.09 bits per heavy atom. The van der Waals surface area contributed by atoms with Gasteiger partial charge in [0.1, 0.15) is 11.5 Å². The zero-order valence-electron chi connectivity index (χ0n) is 13.8. The molecule has 4 nitrogen and oxygen atoms in total. The first-order chi connectivity index (χ1) is 11.1. The highest BCUT2D eigenvalue weighted by Gasteiger charge is 2.19. The molecule has 0 unspecified atom stereocenters. The molecule has 122 valence electrons. The second-order valence-corrected chi connectivity index (χ2v) is 5.23. The van der Waals surface area contributed by atoms with E-state index >= 15 is 0 Å². The van der Waals surface area contributed by atoms with Crippen molar-refractivity contribution >= 4 is 11.6 Å². The maximum Gasteiger partial charge on any atom is 0.265 e. The van der Waals surface area contributed by atoms with E-state index in [9.17, 15) is 4.79 Å². The molecular weight excluding hydrogens is 290 g/mol. The van der Waals surface area contributed by atoms with Crippen molar-refractivity contribution in [3.8, 4) is 11.5 Å². The zero-order valence-corrected chi connectivity index (χ0v) is 13.8. The van der Waals surface area contributed by atoms with E-state index in [0.717, 1.165) is 22.7 Å². The number of hydrogen-bond acceptors (Lipinski definition) is 3.